The molecule has 2 aromatic rings. The first-order valence-electron chi connectivity index (χ1n) is 6.07. The van der Waals surface area contributed by atoms with E-state index in [1.165, 1.54) is 11.1 Å². The van der Waals surface area contributed by atoms with Crippen molar-refractivity contribution in [3.05, 3.63) is 58.6 Å². The van der Waals surface area contributed by atoms with Gasteiger partial charge in [-0.05, 0) is 17.5 Å². The number of halogens is 1. The third-order valence-electron chi connectivity index (χ3n) is 3.27. The summed E-state index contributed by atoms with van der Waals surface area (Å²) in [5, 5.41) is 0.447. The summed E-state index contributed by atoms with van der Waals surface area (Å²) in [6, 6.07) is 8.63. The van der Waals surface area contributed by atoms with Crippen LogP contribution in [0.5, 0.6) is 0 Å². The maximum atomic E-state index is 5.73. The van der Waals surface area contributed by atoms with Crippen LogP contribution in [-0.4, -0.2) is 21.4 Å². The van der Waals surface area contributed by atoms with Crippen LogP contribution >= 0.6 is 11.6 Å². The zero-order chi connectivity index (χ0) is 12.4. The Morgan fingerprint density at radius 1 is 1.11 bits per heavy atom. The van der Waals surface area contributed by atoms with Crippen LogP contribution in [0.4, 0.5) is 0 Å². The highest BCUT2D eigenvalue weighted by molar-refractivity contribution is 6.29. The Labute approximate surface area is 111 Å². The van der Waals surface area contributed by atoms with Crippen molar-refractivity contribution in [1.29, 1.82) is 0 Å². The lowest BCUT2D eigenvalue weighted by Gasteiger charge is -2.28. The van der Waals surface area contributed by atoms with Crippen molar-refractivity contribution in [1.82, 2.24) is 14.9 Å². The normalized spacial score (nSPS) is 15.4. The predicted molar refractivity (Wildman–Crippen MR) is 71.3 cm³/mol. The van der Waals surface area contributed by atoms with E-state index in [2.05, 4.69) is 39.1 Å². The van der Waals surface area contributed by atoms with Crippen molar-refractivity contribution in [2.45, 2.75) is 19.5 Å². The van der Waals surface area contributed by atoms with Crippen LogP contribution in [0.15, 0.2) is 36.7 Å². The van der Waals surface area contributed by atoms with Gasteiger partial charge in [0.25, 0.3) is 0 Å². The molecule has 1 aromatic carbocycles. The second-order valence-electron chi connectivity index (χ2n) is 4.56. The largest absolute Gasteiger partial charge is 0.293 e. The van der Waals surface area contributed by atoms with E-state index >= 15 is 0 Å². The summed E-state index contributed by atoms with van der Waals surface area (Å²) in [6.07, 6.45) is 4.47. The second kappa shape index (κ2) is 5.04. The summed E-state index contributed by atoms with van der Waals surface area (Å²) < 4.78 is 0. The van der Waals surface area contributed by atoms with Crippen molar-refractivity contribution < 1.29 is 0 Å². The number of rotatable bonds is 2. The second-order valence-corrected chi connectivity index (χ2v) is 4.95. The van der Waals surface area contributed by atoms with E-state index in [1.807, 2.05) is 0 Å². The Hall–Kier alpha value is -1.45. The fraction of sp³-hybridized carbons (Fsp3) is 0.286. The Morgan fingerprint density at radius 3 is 2.72 bits per heavy atom. The van der Waals surface area contributed by atoms with E-state index in [4.69, 9.17) is 11.6 Å². The number of fused-ring (bicyclic) bond motifs is 1. The Morgan fingerprint density at radius 2 is 1.94 bits per heavy atom. The summed E-state index contributed by atoms with van der Waals surface area (Å²) in [6.45, 7) is 2.89. The fourth-order valence-corrected chi connectivity index (χ4v) is 2.44. The average molecular weight is 260 g/mol. The van der Waals surface area contributed by atoms with Gasteiger partial charge in [0.2, 0.25) is 0 Å². The molecule has 92 valence electrons. The van der Waals surface area contributed by atoms with E-state index in [9.17, 15) is 0 Å². The van der Waals surface area contributed by atoms with Crippen LogP contribution in [0.3, 0.4) is 0 Å². The summed E-state index contributed by atoms with van der Waals surface area (Å²) in [5.41, 5.74) is 3.86. The van der Waals surface area contributed by atoms with E-state index < -0.39 is 0 Å². The van der Waals surface area contributed by atoms with Gasteiger partial charge in [0.15, 0.2) is 0 Å². The molecule has 1 aliphatic heterocycles. The smallest absolute Gasteiger partial charge is 0.147 e. The molecule has 0 bridgehead atoms. The van der Waals surface area contributed by atoms with Gasteiger partial charge in [0.05, 0.1) is 18.1 Å². The van der Waals surface area contributed by atoms with Gasteiger partial charge in [-0.2, -0.15) is 0 Å². The molecule has 1 aromatic heterocycles. The van der Waals surface area contributed by atoms with E-state index in [1.54, 1.807) is 12.4 Å². The molecule has 3 rings (SSSR count). The minimum Gasteiger partial charge on any atom is -0.293 e. The van der Waals surface area contributed by atoms with Crippen molar-refractivity contribution in [2.24, 2.45) is 0 Å². The molecule has 0 fully saturated rings. The van der Waals surface area contributed by atoms with Crippen molar-refractivity contribution in [3.8, 4) is 0 Å². The minimum atomic E-state index is 0.447. The fourth-order valence-electron chi connectivity index (χ4n) is 2.34. The van der Waals surface area contributed by atoms with Crippen LogP contribution < -0.4 is 0 Å². The molecule has 1 aliphatic rings. The third kappa shape index (κ3) is 2.52. The molecular weight excluding hydrogens is 246 g/mol. The number of hydrogen-bond acceptors (Lipinski definition) is 3. The number of benzene rings is 1. The monoisotopic (exact) mass is 259 g/mol. The number of nitrogens with zero attached hydrogens (tertiary/aromatic N) is 3. The molecule has 0 spiro atoms. The highest BCUT2D eigenvalue weighted by Gasteiger charge is 2.16. The Kier molecular flexibility index (Phi) is 3.26. The minimum absolute atomic E-state index is 0.447. The number of aromatic nitrogens is 2. The van der Waals surface area contributed by atoms with E-state index in [-0.39, 0.29) is 0 Å². The quantitative estimate of drug-likeness (QED) is 0.830. The molecule has 0 radical (unpaired) electrons. The van der Waals surface area contributed by atoms with Crippen LogP contribution in [0.25, 0.3) is 0 Å². The summed E-state index contributed by atoms with van der Waals surface area (Å²) >= 11 is 5.73. The molecule has 2 heterocycles. The van der Waals surface area contributed by atoms with Crippen LogP contribution in [0.2, 0.25) is 5.15 Å². The predicted octanol–water partition coefficient (Wildman–Crippen LogP) is 2.69. The summed E-state index contributed by atoms with van der Waals surface area (Å²) in [4.78, 5) is 10.7. The lowest BCUT2D eigenvalue weighted by molar-refractivity contribution is 0.242. The van der Waals surface area contributed by atoms with Gasteiger partial charge < -0.3 is 0 Å². The van der Waals surface area contributed by atoms with Gasteiger partial charge in [0, 0.05) is 19.6 Å². The molecule has 0 aliphatic carbocycles. The van der Waals surface area contributed by atoms with Crippen LogP contribution in [-0.2, 0) is 19.5 Å². The van der Waals surface area contributed by atoms with Crippen LogP contribution in [0.1, 0.15) is 16.8 Å². The van der Waals surface area contributed by atoms with Gasteiger partial charge in [-0.15, -0.1) is 0 Å². The van der Waals surface area contributed by atoms with Gasteiger partial charge in [-0.3, -0.25) is 9.88 Å². The van der Waals surface area contributed by atoms with Crippen molar-refractivity contribution >= 4 is 11.6 Å². The van der Waals surface area contributed by atoms with Gasteiger partial charge in [-0.25, -0.2) is 4.98 Å². The van der Waals surface area contributed by atoms with Gasteiger partial charge in [-0.1, -0.05) is 35.9 Å². The maximum absolute atomic E-state index is 5.73. The lowest BCUT2D eigenvalue weighted by atomic mass is 10.00. The standard InChI is InChI=1S/C14H14ClN3/c15-14-8-16-13(7-17-14)10-18-6-5-11-3-1-2-4-12(11)9-18/h1-4,7-8H,5-6,9-10H2. The molecule has 0 N–H and O–H groups in total. The molecular formula is C14H14ClN3. The molecule has 0 saturated heterocycles. The average Bonchev–Trinajstić information content (AvgIpc) is 2.41. The zero-order valence-corrected chi connectivity index (χ0v) is 10.8. The van der Waals surface area contributed by atoms with Crippen molar-refractivity contribution in [3.63, 3.8) is 0 Å². The zero-order valence-electron chi connectivity index (χ0n) is 10.0. The Bertz CT molecular complexity index is 539. The highest BCUT2D eigenvalue weighted by Crippen LogP contribution is 2.19. The maximum Gasteiger partial charge on any atom is 0.147 e. The van der Waals surface area contributed by atoms with E-state index in [0.29, 0.717) is 5.15 Å². The molecule has 18 heavy (non-hydrogen) atoms. The summed E-state index contributed by atoms with van der Waals surface area (Å²) in [7, 11) is 0. The third-order valence-corrected chi connectivity index (χ3v) is 3.46. The summed E-state index contributed by atoms with van der Waals surface area (Å²) in [5.74, 6) is 0. The molecule has 0 saturated carbocycles. The van der Waals surface area contributed by atoms with Gasteiger partial charge in [0.1, 0.15) is 5.15 Å². The first-order valence-corrected chi connectivity index (χ1v) is 6.44. The molecule has 0 amide bonds. The molecule has 0 unspecified atom stereocenters. The van der Waals surface area contributed by atoms with Gasteiger partial charge >= 0.3 is 0 Å². The SMILES string of the molecule is Clc1cnc(CN2CCc3ccccc3C2)cn1. The van der Waals surface area contributed by atoms with E-state index in [0.717, 1.165) is 31.7 Å². The Balaban J connectivity index is 1.71. The number of hydrogen-bond donors (Lipinski definition) is 0. The molecule has 4 heteroatoms. The molecule has 3 nitrogen and oxygen atoms in total. The van der Waals surface area contributed by atoms with Crippen molar-refractivity contribution in [2.75, 3.05) is 6.54 Å². The topological polar surface area (TPSA) is 29.0 Å². The van der Waals surface area contributed by atoms with Crippen LogP contribution in [0, 0.1) is 0 Å². The highest BCUT2D eigenvalue weighted by atomic mass is 35.5. The first-order chi connectivity index (χ1) is 8.81. The lowest BCUT2D eigenvalue weighted by Crippen LogP contribution is -2.30. The first kappa shape index (κ1) is 11.6. The molecule has 0 atom stereocenters.